The Morgan fingerprint density at radius 2 is 1.30 bits per heavy atom. The zero-order valence-corrected chi connectivity index (χ0v) is 15.6. The highest BCUT2D eigenvalue weighted by Crippen LogP contribution is 2.42. The fourth-order valence-electron chi connectivity index (χ4n) is 3.82. The maximum atomic E-state index is 13.1. The summed E-state index contributed by atoms with van der Waals surface area (Å²) in [5.74, 6) is -0.0917. The lowest BCUT2D eigenvalue weighted by Crippen LogP contribution is -2.04. The van der Waals surface area contributed by atoms with Crippen LogP contribution in [-0.4, -0.2) is 10.8 Å². The zero-order valence-electron chi connectivity index (χ0n) is 15.6. The molecule has 1 aliphatic carbocycles. The van der Waals surface area contributed by atoms with E-state index in [0.717, 1.165) is 28.8 Å². The van der Waals surface area contributed by atoms with Gasteiger partial charge in [-0.3, -0.25) is 4.79 Å². The Labute approximate surface area is 170 Å². The molecule has 1 heterocycles. The molecule has 1 aromatic heterocycles. The average Bonchev–Trinajstić information content (AvgIpc) is 3.06. The molecule has 0 bridgehead atoms. The molecule has 0 saturated carbocycles. The van der Waals surface area contributed by atoms with Gasteiger partial charge in [0.05, 0.1) is 22.5 Å². The highest BCUT2D eigenvalue weighted by molar-refractivity contribution is 6.24. The van der Waals surface area contributed by atoms with E-state index in [1.807, 2.05) is 48.5 Å². The number of pyridine rings is 1. The number of aromatic nitrogens is 1. The van der Waals surface area contributed by atoms with Gasteiger partial charge in [0.2, 0.25) is 0 Å². The Bertz CT molecular complexity index is 1280. The highest BCUT2D eigenvalue weighted by Gasteiger charge is 2.32. The molecule has 1 aliphatic rings. The molecule has 5 heteroatoms. The number of hydrogen-bond donors (Lipinski definition) is 0. The van der Waals surface area contributed by atoms with Crippen molar-refractivity contribution >= 4 is 5.78 Å². The van der Waals surface area contributed by atoms with Gasteiger partial charge in [-0.15, -0.1) is 0 Å². The first-order valence-electron chi connectivity index (χ1n) is 9.36. The van der Waals surface area contributed by atoms with Crippen LogP contribution < -0.4 is 0 Å². The van der Waals surface area contributed by atoms with E-state index < -0.39 is 11.7 Å². The SMILES string of the molecule is O=C1c2ccccc2-c2nc(-c3ccc(C(F)(F)F)cc3)cc(-c3ccccc3)c21. The minimum Gasteiger partial charge on any atom is -0.288 e. The highest BCUT2D eigenvalue weighted by atomic mass is 19.4. The van der Waals surface area contributed by atoms with Crippen LogP contribution in [0, 0.1) is 0 Å². The van der Waals surface area contributed by atoms with Gasteiger partial charge in [0, 0.05) is 16.7 Å². The molecular weight excluding hydrogens is 387 g/mol. The van der Waals surface area contributed by atoms with Crippen LogP contribution in [0.4, 0.5) is 13.2 Å². The Morgan fingerprint density at radius 1 is 0.667 bits per heavy atom. The first-order chi connectivity index (χ1) is 14.4. The molecule has 0 radical (unpaired) electrons. The third-order valence-corrected chi connectivity index (χ3v) is 5.27. The van der Waals surface area contributed by atoms with Crippen molar-refractivity contribution in [2.45, 2.75) is 6.18 Å². The van der Waals surface area contributed by atoms with Crippen molar-refractivity contribution in [1.29, 1.82) is 0 Å². The molecule has 4 aromatic rings. The summed E-state index contributed by atoms with van der Waals surface area (Å²) in [5, 5.41) is 0. The predicted molar refractivity (Wildman–Crippen MR) is 109 cm³/mol. The van der Waals surface area contributed by atoms with Gasteiger partial charge in [0.15, 0.2) is 5.78 Å². The van der Waals surface area contributed by atoms with Crippen LogP contribution in [0.2, 0.25) is 0 Å². The van der Waals surface area contributed by atoms with E-state index in [0.29, 0.717) is 28.1 Å². The molecule has 0 N–H and O–H groups in total. The van der Waals surface area contributed by atoms with Crippen LogP contribution in [0.15, 0.2) is 84.9 Å². The monoisotopic (exact) mass is 401 g/mol. The summed E-state index contributed by atoms with van der Waals surface area (Å²) in [6, 6.07) is 23.4. The van der Waals surface area contributed by atoms with Crippen LogP contribution in [0.25, 0.3) is 33.6 Å². The van der Waals surface area contributed by atoms with Crippen LogP contribution >= 0.6 is 0 Å². The second kappa shape index (κ2) is 6.66. The quantitative estimate of drug-likeness (QED) is 0.332. The van der Waals surface area contributed by atoms with E-state index >= 15 is 0 Å². The second-order valence-electron chi connectivity index (χ2n) is 7.09. The molecular formula is C25H14F3NO. The number of nitrogens with zero attached hydrogens (tertiary/aromatic N) is 1. The van der Waals surface area contributed by atoms with Gasteiger partial charge in [-0.05, 0) is 29.3 Å². The second-order valence-corrected chi connectivity index (χ2v) is 7.09. The Morgan fingerprint density at radius 3 is 1.97 bits per heavy atom. The first-order valence-corrected chi connectivity index (χ1v) is 9.36. The van der Waals surface area contributed by atoms with E-state index in [9.17, 15) is 18.0 Å². The molecule has 0 saturated heterocycles. The number of rotatable bonds is 2. The Kier molecular flexibility index (Phi) is 4.07. The van der Waals surface area contributed by atoms with Crippen molar-refractivity contribution in [1.82, 2.24) is 4.98 Å². The number of hydrogen-bond acceptors (Lipinski definition) is 2. The number of ketones is 1. The first kappa shape index (κ1) is 18.3. The molecule has 146 valence electrons. The van der Waals surface area contributed by atoms with E-state index in [4.69, 9.17) is 4.98 Å². The molecule has 5 rings (SSSR count). The maximum absolute atomic E-state index is 13.1. The van der Waals surface area contributed by atoms with Crippen molar-refractivity contribution in [2.75, 3.05) is 0 Å². The molecule has 0 aliphatic heterocycles. The summed E-state index contributed by atoms with van der Waals surface area (Å²) >= 11 is 0. The molecule has 0 atom stereocenters. The van der Waals surface area contributed by atoms with Crippen molar-refractivity contribution in [3.05, 3.63) is 102 Å². The van der Waals surface area contributed by atoms with Gasteiger partial charge in [0.25, 0.3) is 0 Å². The predicted octanol–water partition coefficient (Wildman–Crippen LogP) is 6.65. The minimum atomic E-state index is -4.40. The molecule has 0 spiro atoms. The maximum Gasteiger partial charge on any atom is 0.416 e. The third kappa shape index (κ3) is 2.90. The van der Waals surface area contributed by atoms with E-state index in [1.54, 1.807) is 12.1 Å². The number of benzene rings is 3. The number of alkyl halides is 3. The summed E-state index contributed by atoms with van der Waals surface area (Å²) in [7, 11) is 0. The lowest BCUT2D eigenvalue weighted by atomic mass is 9.95. The number of carbonyl (C=O) groups is 1. The molecule has 3 aromatic carbocycles. The smallest absolute Gasteiger partial charge is 0.288 e. The zero-order chi connectivity index (χ0) is 20.9. The van der Waals surface area contributed by atoms with Crippen molar-refractivity contribution < 1.29 is 18.0 Å². The van der Waals surface area contributed by atoms with Gasteiger partial charge in [-0.2, -0.15) is 13.2 Å². The van der Waals surface area contributed by atoms with Gasteiger partial charge in [0.1, 0.15) is 0 Å². The van der Waals surface area contributed by atoms with Gasteiger partial charge in [-0.1, -0.05) is 66.7 Å². The molecule has 0 fully saturated rings. The van der Waals surface area contributed by atoms with Crippen LogP contribution in [0.3, 0.4) is 0 Å². The number of fused-ring (bicyclic) bond motifs is 3. The Hall–Kier alpha value is -3.73. The standard InChI is InChI=1S/C25H14F3NO/c26-25(27,28)17-12-10-16(11-13-17)21-14-20(15-6-2-1-3-7-15)22-23(29-21)18-8-4-5-9-19(18)24(22)30/h1-14H. The van der Waals surface area contributed by atoms with Crippen molar-refractivity contribution in [3.63, 3.8) is 0 Å². The molecule has 2 nitrogen and oxygen atoms in total. The topological polar surface area (TPSA) is 30.0 Å². The fraction of sp³-hybridized carbons (Fsp3) is 0.0400. The lowest BCUT2D eigenvalue weighted by Gasteiger charge is -2.12. The lowest BCUT2D eigenvalue weighted by molar-refractivity contribution is -0.137. The molecule has 0 unspecified atom stereocenters. The summed E-state index contributed by atoms with van der Waals surface area (Å²) in [5.41, 5.74) is 4.35. The fourth-order valence-corrected chi connectivity index (χ4v) is 3.82. The van der Waals surface area contributed by atoms with Gasteiger partial charge in [-0.25, -0.2) is 4.98 Å². The minimum absolute atomic E-state index is 0.0917. The number of halogens is 3. The average molecular weight is 401 g/mol. The number of carbonyl (C=O) groups excluding carboxylic acids is 1. The Balaban J connectivity index is 1.74. The van der Waals surface area contributed by atoms with E-state index in [1.165, 1.54) is 12.1 Å². The summed E-state index contributed by atoms with van der Waals surface area (Å²) in [4.78, 5) is 17.8. The van der Waals surface area contributed by atoms with Crippen LogP contribution in [-0.2, 0) is 6.18 Å². The van der Waals surface area contributed by atoms with E-state index in [-0.39, 0.29) is 5.78 Å². The molecule has 0 amide bonds. The normalized spacial score (nSPS) is 12.6. The van der Waals surface area contributed by atoms with Gasteiger partial charge < -0.3 is 0 Å². The van der Waals surface area contributed by atoms with Gasteiger partial charge >= 0.3 is 6.18 Å². The molecule has 30 heavy (non-hydrogen) atoms. The van der Waals surface area contributed by atoms with Crippen LogP contribution in [0.5, 0.6) is 0 Å². The van der Waals surface area contributed by atoms with E-state index in [2.05, 4.69) is 0 Å². The van der Waals surface area contributed by atoms with Crippen LogP contribution in [0.1, 0.15) is 21.5 Å². The summed E-state index contributed by atoms with van der Waals surface area (Å²) < 4.78 is 38.8. The van der Waals surface area contributed by atoms with Crippen molar-refractivity contribution in [3.8, 4) is 33.6 Å². The summed E-state index contributed by atoms with van der Waals surface area (Å²) in [6.45, 7) is 0. The third-order valence-electron chi connectivity index (χ3n) is 5.27. The largest absolute Gasteiger partial charge is 0.416 e. The van der Waals surface area contributed by atoms with Crippen molar-refractivity contribution in [2.24, 2.45) is 0 Å². The summed E-state index contributed by atoms with van der Waals surface area (Å²) in [6.07, 6.45) is -4.40.